The summed E-state index contributed by atoms with van der Waals surface area (Å²) in [5.41, 5.74) is 0. The van der Waals surface area contributed by atoms with Gasteiger partial charge in [-0.1, -0.05) is 6.92 Å². The van der Waals surface area contributed by atoms with E-state index in [4.69, 9.17) is 0 Å². The third-order valence-electron chi connectivity index (χ3n) is 0.777. The molecule has 0 amide bonds. The van der Waals surface area contributed by atoms with Crippen molar-refractivity contribution in [2.75, 3.05) is 6.61 Å². The largest absolute Gasteiger partial charge is 1.00 e. The molecule has 54 valence electrons. The van der Waals surface area contributed by atoms with E-state index in [1.807, 2.05) is 0 Å². The van der Waals surface area contributed by atoms with Crippen LogP contribution in [-0.2, 0) is 4.74 Å². The summed E-state index contributed by atoms with van der Waals surface area (Å²) in [6.07, 6.45) is 0. The Morgan fingerprint density at radius 3 is 2.45 bits per heavy atom. The summed E-state index contributed by atoms with van der Waals surface area (Å²) in [4.78, 5) is 0. The molecule has 0 radical (unpaired) electrons. The van der Waals surface area contributed by atoms with E-state index in [0.29, 0.717) is 6.61 Å². The molecule has 1 aliphatic heterocycles. The molecule has 6 nitrogen and oxygen atoms in total. The fraction of sp³-hybridized carbons (Fsp3) is 0.500. The Balaban J connectivity index is 0.000001000. The molecule has 0 aromatic rings. The Labute approximate surface area is 85.3 Å². The molecule has 0 unspecified atom stereocenters. The fourth-order valence-corrected chi connectivity index (χ4v) is 0.422. The van der Waals surface area contributed by atoms with Crippen LogP contribution in [0.4, 0.5) is 0 Å². The second-order valence-corrected chi connectivity index (χ2v) is 1.42. The average molecular weight is 164 g/mol. The zero-order chi connectivity index (χ0) is 7.40. The van der Waals surface area contributed by atoms with Crippen LogP contribution in [0.5, 0.6) is 0 Å². The van der Waals surface area contributed by atoms with Crippen LogP contribution in [0.3, 0.4) is 0 Å². The molecule has 1 aliphatic rings. The molecule has 0 atom stereocenters. The first-order chi connectivity index (χ1) is 4.84. The van der Waals surface area contributed by atoms with Gasteiger partial charge in [-0.3, -0.25) is 0 Å². The van der Waals surface area contributed by atoms with Gasteiger partial charge in [-0.05, 0) is 17.1 Å². The minimum absolute atomic E-state index is 0. The van der Waals surface area contributed by atoms with Gasteiger partial charge in [0.1, 0.15) is 5.95 Å². The summed E-state index contributed by atoms with van der Waals surface area (Å²) >= 11 is 0. The summed E-state index contributed by atoms with van der Waals surface area (Å²) in [6.45, 7) is 2.00. The fourth-order valence-electron chi connectivity index (χ4n) is 0.422. The third-order valence-corrected chi connectivity index (χ3v) is 0.777. The van der Waals surface area contributed by atoms with Crippen LogP contribution in [-0.4, -0.2) is 6.61 Å². The van der Waals surface area contributed by atoms with Crippen LogP contribution in [0.15, 0.2) is 32.4 Å². The first-order valence-electron chi connectivity index (χ1n) is 2.70. The summed E-state index contributed by atoms with van der Waals surface area (Å²) in [6, 6.07) is 0. The summed E-state index contributed by atoms with van der Waals surface area (Å²) < 4.78 is 4.54. The molecular formula is C4H5N4NaO2. The van der Waals surface area contributed by atoms with Gasteiger partial charge in [-0.2, -0.15) is 0 Å². The molecule has 0 aromatic heterocycles. The van der Waals surface area contributed by atoms with E-state index < -0.39 is 5.95 Å². The molecule has 0 aromatic carbocycles. The molecule has 0 spiro atoms. The van der Waals surface area contributed by atoms with Gasteiger partial charge in [0.05, 0.1) is 0 Å². The van der Waals surface area contributed by atoms with Crippen molar-refractivity contribution in [2.45, 2.75) is 6.92 Å². The van der Waals surface area contributed by atoms with E-state index in [2.05, 4.69) is 25.4 Å². The first-order valence-corrected chi connectivity index (χ1v) is 2.70. The molecule has 11 heavy (non-hydrogen) atoms. The molecule has 0 fully saturated rings. The maximum atomic E-state index is 10.7. The van der Waals surface area contributed by atoms with Crippen molar-refractivity contribution in [3.63, 3.8) is 0 Å². The van der Waals surface area contributed by atoms with Crippen LogP contribution >= 0.6 is 0 Å². The van der Waals surface area contributed by atoms with Gasteiger partial charge in [0.15, 0.2) is 0 Å². The molecule has 1 rings (SSSR count). The van der Waals surface area contributed by atoms with Crippen LogP contribution in [0.1, 0.15) is 6.92 Å². The zero-order valence-corrected chi connectivity index (χ0v) is 8.31. The molecule has 0 saturated carbocycles. The SMILES string of the molecule is CCOC([O-])=C1N=NN=N1.[Na+]. The van der Waals surface area contributed by atoms with Crippen molar-refractivity contribution < 1.29 is 39.4 Å². The maximum Gasteiger partial charge on any atom is 1.00 e. The normalized spacial score (nSPS) is 13.0. The Kier molecular flexibility index (Phi) is 5.01. The number of hydrogen-bond donors (Lipinski definition) is 0. The smallest absolute Gasteiger partial charge is 0.611 e. The van der Waals surface area contributed by atoms with Crippen molar-refractivity contribution in [3.05, 3.63) is 11.8 Å². The Morgan fingerprint density at radius 1 is 1.45 bits per heavy atom. The van der Waals surface area contributed by atoms with Crippen molar-refractivity contribution in [1.29, 1.82) is 0 Å². The molecular weight excluding hydrogens is 159 g/mol. The quantitative estimate of drug-likeness (QED) is 0.330. The Morgan fingerprint density at radius 2 is 2.00 bits per heavy atom. The molecule has 0 bridgehead atoms. The van der Waals surface area contributed by atoms with Gasteiger partial charge < -0.3 is 9.84 Å². The first kappa shape index (κ1) is 10.5. The van der Waals surface area contributed by atoms with Crippen molar-refractivity contribution in [2.24, 2.45) is 20.7 Å². The van der Waals surface area contributed by atoms with Crippen LogP contribution in [0.25, 0.3) is 0 Å². The summed E-state index contributed by atoms with van der Waals surface area (Å²) in [7, 11) is 0. The Bertz CT molecular complexity index is 198. The van der Waals surface area contributed by atoms with Crippen LogP contribution < -0.4 is 34.7 Å². The van der Waals surface area contributed by atoms with Gasteiger partial charge >= 0.3 is 29.6 Å². The molecule has 1 heterocycles. The number of ether oxygens (including phenoxy) is 1. The second-order valence-electron chi connectivity index (χ2n) is 1.42. The minimum Gasteiger partial charge on any atom is -0.611 e. The average Bonchev–Trinajstić information content (AvgIpc) is 2.38. The van der Waals surface area contributed by atoms with Crippen LogP contribution in [0, 0.1) is 0 Å². The van der Waals surface area contributed by atoms with E-state index in [1.165, 1.54) is 0 Å². The van der Waals surface area contributed by atoms with Gasteiger partial charge in [-0.25, -0.2) is 0 Å². The summed E-state index contributed by atoms with van der Waals surface area (Å²) in [5, 5.41) is 23.5. The van der Waals surface area contributed by atoms with Crippen molar-refractivity contribution in [3.8, 4) is 0 Å². The Hall–Kier alpha value is -0.460. The van der Waals surface area contributed by atoms with Crippen LogP contribution in [0.2, 0.25) is 0 Å². The summed E-state index contributed by atoms with van der Waals surface area (Å²) in [5.74, 6) is -0.686. The van der Waals surface area contributed by atoms with E-state index in [-0.39, 0.29) is 35.4 Å². The van der Waals surface area contributed by atoms with Gasteiger partial charge in [0, 0.05) is 0 Å². The minimum atomic E-state index is -0.590. The molecule has 0 saturated heterocycles. The predicted molar refractivity (Wildman–Crippen MR) is 28.4 cm³/mol. The zero-order valence-electron chi connectivity index (χ0n) is 6.31. The van der Waals surface area contributed by atoms with E-state index in [1.54, 1.807) is 6.92 Å². The molecule has 7 heteroatoms. The van der Waals surface area contributed by atoms with Crippen molar-refractivity contribution in [1.82, 2.24) is 0 Å². The standard InChI is InChI=1S/C4H6N4O2.Na/c1-2-10-4(9)3-5-7-8-6-3;/h9H,2H2,1H3;/q;+1/p-1. The third kappa shape index (κ3) is 2.96. The van der Waals surface area contributed by atoms with Gasteiger partial charge in [0.25, 0.3) is 0 Å². The predicted octanol–water partition coefficient (Wildman–Crippen LogP) is -2.65. The van der Waals surface area contributed by atoms with Crippen molar-refractivity contribution >= 4 is 0 Å². The number of nitrogens with zero attached hydrogens (tertiary/aromatic N) is 4. The molecule has 0 N–H and O–H groups in total. The maximum absolute atomic E-state index is 10.7. The second kappa shape index (κ2) is 5.22. The topological polar surface area (TPSA) is 81.7 Å². The van der Waals surface area contributed by atoms with E-state index in [9.17, 15) is 5.11 Å². The number of hydrogen-bond acceptors (Lipinski definition) is 6. The number of rotatable bonds is 2. The monoisotopic (exact) mass is 164 g/mol. The van der Waals surface area contributed by atoms with E-state index in [0.717, 1.165) is 0 Å². The molecule has 0 aliphatic carbocycles. The van der Waals surface area contributed by atoms with Gasteiger partial charge in [-0.15, -0.1) is 10.2 Å². The van der Waals surface area contributed by atoms with E-state index >= 15 is 0 Å². The van der Waals surface area contributed by atoms with Gasteiger partial charge in [0.2, 0.25) is 5.82 Å².